The van der Waals surface area contributed by atoms with Crippen LogP contribution < -0.4 is 0 Å². The Morgan fingerprint density at radius 1 is 0.789 bits per heavy atom. The topological polar surface area (TPSA) is 61.3 Å². The fourth-order valence-electron chi connectivity index (χ4n) is 4.24. The molecule has 2 aromatic carbocycles. The Balaban J connectivity index is 1.45. The summed E-state index contributed by atoms with van der Waals surface area (Å²) >= 11 is 0. The van der Waals surface area contributed by atoms with Crippen molar-refractivity contribution in [3.8, 4) is 22.5 Å². The van der Waals surface area contributed by atoms with Gasteiger partial charge in [0, 0.05) is 18.0 Å². The highest BCUT2D eigenvalue weighted by Gasteiger charge is 2.09. The van der Waals surface area contributed by atoms with Crippen LogP contribution >= 0.6 is 0 Å². The molecule has 38 heavy (non-hydrogen) atoms. The van der Waals surface area contributed by atoms with Gasteiger partial charge in [0.1, 0.15) is 12.8 Å². The number of ether oxygens (including phenoxy) is 2. The van der Waals surface area contributed by atoms with Gasteiger partial charge in [-0.1, -0.05) is 88.8 Å². The molecule has 3 rings (SSSR count). The smallest absolute Gasteiger partial charge is 0.338 e. The van der Waals surface area contributed by atoms with Crippen molar-refractivity contribution < 1.29 is 18.7 Å². The summed E-state index contributed by atoms with van der Waals surface area (Å²) in [6.45, 7) is 4.50. The molecule has 0 radical (unpaired) electrons. The van der Waals surface area contributed by atoms with Crippen molar-refractivity contribution >= 4 is 5.97 Å². The number of hydrogen-bond acceptors (Lipinski definition) is 5. The van der Waals surface area contributed by atoms with Crippen molar-refractivity contribution in [2.24, 2.45) is 0 Å². The van der Waals surface area contributed by atoms with Gasteiger partial charge in [0.15, 0.2) is 5.82 Å². The average Bonchev–Trinajstić information content (AvgIpc) is 2.95. The van der Waals surface area contributed by atoms with Crippen molar-refractivity contribution in [3.63, 3.8) is 0 Å². The zero-order valence-electron chi connectivity index (χ0n) is 22.8. The van der Waals surface area contributed by atoms with Gasteiger partial charge in [0.05, 0.1) is 18.8 Å². The molecule has 0 fully saturated rings. The summed E-state index contributed by atoms with van der Waals surface area (Å²) in [6.07, 6.45) is 12.9. The normalized spacial score (nSPS) is 11.9. The summed E-state index contributed by atoms with van der Waals surface area (Å²) in [7, 11) is 0. The molecular weight excluding hydrogens is 479 g/mol. The SMILES string of the molecule is CCCCCCCCc1cnc(-c2ccc(-c3ccc(C(=O)OCCOC[C@@H](F)CCC)cc3)cc2)nc1. The number of aromatic nitrogens is 2. The van der Waals surface area contributed by atoms with E-state index in [2.05, 4.69) is 16.9 Å². The third-order valence-corrected chi connectivity index (χ3v) is 6.48. The van der Waals surface area contributed by atoms with E-state index in [0.29, 0.717) is 12.0 Å². The van der Waals surface area contributed by atoms with Gasteiger partial charge in [0.25, 0.3) is 0 Å². The lowest BCUT2D eigenvalue weighted by Gasteiger charge is -2.09. The highest BCUT2D eigenvalue weighted by Crippen LogP contribution is 2.24. The average molecular weight is 521 g/mol. The van der Waals surface area contributed by atoms with Crippen LogP contribution in [0.5, 0.6) is 0 Å². The van der Waals surface area contributed by atoms with E-state index in [1.54, 1.807) is 12.1 Å². The van der Waals surface area contributed by atoms with Gasteiger partial charge < -0.3 is 9.47 Å². The molecule has 0 unspecified atom stereocenters. The van der Waals surface area contributed by atoms with Crippen LogP contribution in [-0.2, 0) is 15.9 Å². The van der Waals surface area contributed by atoms with Crippen LogP contribution in [0.2, 0.25) is 0 Å². The molecule has 0 saturated carbocycles. The minimum Gasteiger partial charge on any atom is -0.460 e. The number of halogens is 1. The Labute approximate surface area is 226 Å². The maximum atomic E-state index is 13.4. The lowest BCUT2D eigenvalue weighted by molar-refractivity contribution is 0.0212. The van der Waals surface area contributed by atoms with Crippen molar-refractivity contribution in [2.45, 2.75) is 77.8 Å². The van der Waals surface area contributed by atoms with E-state index in [-0.39, 0.29) is 19.8 Å². The number of alkyl halides is 1. The molecule has 0 aliphatic rings. The van der Waals surface area contributed by atoms with E-state index in [4.69, 9.17) is 9.47 Å². The predicted octanol–water partition coefficient (Wildman–Crippen LogP) is 8.03. The third-order valence-electron chi connectivity index (χ3n) is 6.48. The molecule has 3 aromatic rings. The quantitative estimate of drug-likeness (QED) is 0.133. The predicted molar refractivity (Wildman–Crippen MR) is 151 cm³/mol. The first kappa shape index (κ1) is 29.4. The number of carbonyl (C=O) groups is 1. The summed E-state index contributed by atoms with van der Waals surface area (Å²) in [4.78, 5) is 21.4. The van der Waals surface area contributed by atoms with Crippen LogP contribution in [0, 0.1) is 0 Å². The van der Waals surface area contributed by atoms with Crippen molar-refractivity contribution in [1.29, 1.82) is 0 Å². The van der Waals surface area contributed by atoms with Crippen LogP contribution in [0.4, 0.5) is 4.39 Å². The van der Waals surface area contributed by atoms with Crippen molar-refractivity contribution in [2.75, 3.05) is 19.8 Å². The molecule has 1 aromatic heterocycles. The Morgan fingerprint density at radius 3 is 2.05 bits per heavy atom. The minimum atomic E-state index is -0.967. The second kappa shape index (κ2) is 16.7. The number of rotatable bonds is 17. The first-order chi connectivity index (χ1) is 18.6. The Bertz CT molecular complexity index is 1070. The van der Waals surface area contributed by atoms with Gasteiger partial charge >= 0.3 is 5.97 Å². The summed E-state index contributed by atoms with van der Waals surface area (Å²) in [5, 5.41) is 0. The van der Waals surface area contributed by atoms with E-state index in [0.717, 1.165) is 35.4 Å². The molecule has 0 amide bonds. The van der Waals surface area contributed by atoms with Crippen LogP contribution in [0.15, 0.2) is 60.9 Å². The zero-order valence-corrected chi connectivity index (χ0v) is 22.8. The van der Waals surface area contributed by atoms with Crippen LogP contribution in [0.3, 0.4) is 0 Å². The molecule has 0 aliphatic heterocycles. The molecular formula is C32H41FN2O3. The number of unbranched alkanes of at least 4 members (excludes halogenated alkanes) is 5. The molecule has 0 aliphatic carbocycles. The van der Waals surface area contributed by atoms with Gasteiger partial charge in [-0.05, 0) is 48.1 Å². The van der Waals surface area contributed by atoms with Gasteiger partial charge in [-0.2, -0.15) is 0 Å². The zero-order chi connectivity index (χ0) is 27.0. The highest BCUT2D eigenvalue weighted by atomic mass is 19.1. The van der Waals surface area contributed by atoms with Crippen LogP contribution in [0.25, 0.3) is 22.5 Å². The molecule has 6 heteroatoms. The molecule has 0 bridgehead atoms. The van der Waals surface area contributed by atoms with Gasteiger partial charge in [0.2, 0.25) is 0 Å². The fourth-order valence-corrected chi connectivity index (χ4v) is 4.24. The first-order valence-electron chi connectivity index (χ1n) is 14.0. The molecule has 5 nitrogen and oxygen atoms in total. The number of nitrogens with zero attached hydrogens (tertiary/aromatic N) is 2. The molecule has 1 heterocycles. The lowest BCUT2D eigenvalue weighted by atomic mass is 10.0. The largest absolute Gasteiger partial charge is 0.460 e. The molecule has 0 spiro atoms. The molecule has 204 valence electrons. The monoisotopic (exact) mass is 520 g/mol. The maximum Gasteiger partial charge on any atom is 0.338 e. The minimum absolute atomic E-state index is 0.0373. The fraction of sp³-hybridized carbons (Fsp3) is 0.469. The standard InChI is InChI=1S/C32H41FN2O3/c1-3-5-6-7-8-9-11-25-22-34-31(35-23-25)28-16-12-26(13-17-28)27-14-18-29(19-15-27)32(36)38-21-20-37-24-30(33)10-4-2/h12-19,22-23,30H,3-11,20-21,24H2,1-2H3/t30-/m0/s1. The number of esters is 1. The van der Waals surface area contributed by atoms with E-state index in [1.807, 2.05) is 55.7 Å². The Hall–Kier alpha value is -3.12. The van der Waals surface area contributed by atoms with Crippen LogP contribution in [-0.4, -0.2) is 41.9 Å². The van der Waals surface area contributed by atoms with Gasteiger partial charge in [-0.25, -0.2) is 19.2 Å². The summed E-state index contributed by atoms with van der Waals surface area (Å²) < 4.78 is 23.8. The Morgan fingerprint density at radius 2 is 1.39 bits per heavy atom. The molecule has 0 saturated heterocycles. The van der Waals surface area contributed by atoms with Crippen molar-refractivity contribution in [3.05, 3.63) is 72.1 Å². The second-order valence-corrected chi connectivity index (χ2v) is 9.68. The van der Waals surface area contributed by atoms with E-state index < -0.39 is 12.1 Å². The Kier molecular flexibility index (Phi) is 12.9. The maximum absolute atomic E-state index is 13.4. The van der Waals surface area contributed by atoms with E-state index >= 15 is 0 Å². The highest BCUT2D eigenvalue weighted by molar-refractivity contribution is 5.90. The van der Waals surface area contributed by atoms with Gasteiger partial charge in [-0.3, -0.25) is 0 Å². The molecule has 1 atom stereocenters. The van der Waals surface area contributed by atoms with Crippen molar-refractivity contribution in [1.82, 2.24) is 9.97 Å². The third kappa shape index (κ3) is 9.97. The summed E-state index contributed by atoms with van der Waals surface area (Å²) in [5.74, 6) is 0.302. The first-order valence-corrected chi connectivity index (χ1v) is 14.0. The number of hydrogen-bond donors (Lipinski definition) is 0. The lowest BCUT2D eigenvalue weighted by Crippen LogP contribution is -2.15. The molecule has 0 N–H and O–H groups in total. The number of aryl methyl sites for hydroxylation is 1. The summed E-state index contributed by atoms with van der Waals surface area (Å²) in [6, 6.07) is 15.4. The van der Waals surface area contributed by atoms with Crippen LogP contribution in [0.1, 0.15) is 81.1 Å². The number of carbonyl (C=O) groups excluding carboxylic acids is 1. The number of benzene rings is 2. The van der Waals surface area contributed by atoms with E-state index in [1.165, 1.54) is 44.1 Å². The summed E-state index contributed by atoms with van der Waals surface area (Å²) in [5.41, 5.74) is 4.66. The van der Waals surface area contributed by atoms with E-state index in [9.17, 15) is 9.18 Å². The second-order valence-electron chi connectivity index (χ2n) is 9.68. The van der Waals surface area contributed by atoms with Gasteiger partial charge in [-0.15, -0.1) is 0 Å².